The number of rotatable bonds is 4. The lowest BCUT2D eigenvalue weighted by molar-refractivity contribution is 0.0697. The summed E-state index contributed by atoms with van der Waals surface area (Å²) in [5, 5.41) is 9.14. The largest absolute Gasteiger partial charge is 0.478 e. The molecule has 0 aliphatic heterocycles. The molecule has 1 N–H and O–H groups in total. The molecule has 4 heteroatoms. The van der Waals surface area contributed by atoms with Gasteiger partial charge in [0.1, 0.15) is 0 Å². The molecule has 1 saturated carbocycles. The zero-order valence-corrected chi connectivity index (χ0v) is 12.0. The second-order valence-electron chi connectivity index (χ2n) is 5.42. The molecule has 3 nitrogen and oxygen atoms in total. The van der Waals surface area contributed by atoms with Gasteiger partial charge in [-0.1, -0.05) is 31.9 Å². The van der Waals surface area contributed by atoms with E-state index in [1.54, 1.807) is 24.3 Å². The van der Waals surface area contributed by atoms with Crippen molar-refractivity contribution in [3.05, 3.63) is 35.4 Å². The number of carbonyl (C=O) groups is 1. The van der Waals surface area contributed by atoms with Crippen LogP contribution in [0, 0.1) is 5.92 Å². The van der Waals surface area contributed by atoms with E-state index in [0.717, 1.165) is 18.4 Å². The molecule has 3 atom stereocenters. The summed E-state index contributed by atoms with van der Waals surface area (Å²) in [6.07, 6.45) is 4.54. The van der Waals surface area contributed by atoms with Crippen molar-refractivity contribution in [3.8, 4) is 0 Å². The first-order valence-electron chi connectivity index (χ1n) is 6.75. The molecule has 19 heavy (non-hydrogen) atoms. The molecule has 1 aromatic rings. The van der Waals surface area contributed by atoms with Gasteiger partial charge in [-0.2, -0.15) is 0 Å². The van der Waals surface area contributed by atoms with E-state index in [2.05, 4.69) is 6.92 Å². The van der Waals surface area contributed by atoms with Crippen molar-refractivity contribution in [2.24, 2.45) is 5.92 Å². The van der Waals surface area contributed by atoms with Crippen molar-refractivity contribution in [2.75, 3.05) is 0 Å². The Morgan fingerprint density at radius 2 is 2.00 bits per heavy atom. The smallest absolute Gasteiger partial charge is 0.335 e. The summed E-state index contributed by atoms with van der Waals surface area (Å²) in [7, 11) is -0.843. The highest BCUT2D eigenvalue weighted by Gasteiger charge is 2.23. The third kappa shape index (κ3) is 3.90. The van der Waals surface area contributed by atoms with Crippen LogP contribution in [0.2, 0.25) is 0 Å². The van der Waals surface area contributed by atoms with Crippen LogP contribution >= 0.6 is 0 Å². The zero-order chi connectivity index (χ0) is 13.8. The quantitative estimate of drug-likeness (QED) is 0.921. The van der Waals surface area contributed by atoms with Gasteiger partial charge < -0.3 is 5.11 Å². The molecule has 1 aliphatic carbocycles. The molecule has 1 aromatic carbocycles. The Bertz CT molecular complexity index is 467. The van der Waals surface area contributed by atoms with Gasteiger partial charge in [-0.15, -0.1) is 0 Å². The molecular weight excluding hydrogens is 260 g/mol. The highest BCUT2D eigenvalue weighted by atomic mass is 32.2. The molecule has 0 heterocycles. The van der Waals surface area contributed by atoms with Crippen LogP contribution in [0.5, 0.6) is 0 Å². The fourth-order valence-electron chi connectivity index (χ4n) is 2.64. The normalized spacial score (nSPS) is 24.9. The van der Waals surface area contributed by atoms with Gasteiger partial charge >= 0.3 is 5.97 Å². The highest BCUT2D eigenvalue weighted by Crippen LogP contribution is 2.28. The standard InChI is InChI=1S/C15H20O3S/c1-11-3-2-4-14(9-11)19(18)10-12-5-7-13(8-6-12)15(16)17/h5-8,11,14H,2-4,9-10H2,1H3,(H,16,17). The van der Waals surface area contributed by atoms with Crippen LogP contribution in [0.1, 0.15) is 48.5 Å². The summed E-state index contributed by atoms with van der Waals surface area (Å²) in [6.45, 7) is 2.23. The maximum Gasteiger partial charge on any atom is 0.335 e. The molecule has 1 aliphatic rings. The highest BCUT2D eigenvalue weighted by molar-refractivity contribution is 7.84. The molecule has 0 aromatic heterocycles. The van der Waals surface area contributed by atoms with Crippen molar-refractivity contribution < 1.29 is 14.1 Å². The molecule has 0 saturated heterocycles. The first-order valence-corrected chi connectivity index (χ1v) is 8.14. The summed E-state index contributed by atoms with van der Waals surface area (Å²) >= 11 is 0. The van der Waals surface area contributed by atoms with E-state index in [1.165, 1.54) is 12.8 Å². The predicted molar refractivity (Wildman–Crippen MR) is 76.7 cm³/mol. The van der Waals surface area contributed by atoms with Crippen molar-refractivity contribution in [1.29, 1.82) is 0 Å². The Morgan fingerprint density at radius 1 is 1.32 bits per heavy atom. The SMILES string of the molecule is CC1CCCC(S(=O)Cc2ccc(C(=O)O)cc2)C1. The number of benzene rings is 1. The number of aromatic carboxylic acids is 1. The van der Waals surface area contributed by atoms with Gasteiger partial charge in [0.15, 0.2) is 0 Å². The average molecular weight is 280 g/mol. The number of hydrogen-bond acceptors (Lipinski definition) is 2. The maximum atomic E-state index is 12.3. The Kier molecular flexibility index (Phi) is 4.75. The molecule has 0 radical (unpaired) electrons. The lowest BCUT2D eigenvalue weighted by atomic mass is 9.91. The second-order valence-corrected chi connectivity index (χ2v) is 7.14. The van der Waals surface area contributed by atoms with E-state index in [9.17, 15) is 9.00 Å². The van der Waals surface area contributed by atoms with Crippen LogP contribution in [0.3, 0.4) is 0 Å². The third-order valence-electron chi connectivity index (χ3n) is 3.77. The summed E-state index contributed by atoms with van der Waals surface area (Å²) in [5.74, 6) is 0.294. The molecule has 0 amide bonds. The molecule has 0 spiro atoms. The lowest BCUT2D eigenvalue weighted by Gasteiger charge is -2.26. The van der Waals surface area contributed by atoms with Gasteiger partial charge in [0.2, 0.25) is 0 Å². The Labute approximate surface area is 116 Å². The topological polar surface area (TPSA) is 54.4 Å². The summed E-state index contributed by atoms with van der Waals surface area (Å²) in [6, 6.07) is 6.71. The Balaban J connectivity index is 1.96. The first kappa shape index (κ1) is 14.3. The fraction of sp³-hybridized carbons (Fsp3) is 0.533. The van der Waals surface area contributed by atoms with Gasteiger partial charge in [-0.3, -0.25) is 4.21 Å². The van der Waals surface area contributed by atoms with E-state index in [-0.39, 0.29) is 5.56 Å². The Morgan fingerprint density at radius 3 is 2.58 bits per heavy atom. The van der Waals surface area contributed by atoms with E-state index in [0.29, 0.717) is 16.9 Å². The van der Waals surface area contributed by atoms with Crippen LogP contribution in [0.4, 0.5) is 0 Å². The van der Waals surface area contributed by atoms with E-state index >= 15 is 0 Å². The van der Waals surface area contributed by atoms with E-state index in [4.69, 9.17) is 5.11 Å². The minimum atomic E-state index is -0.922. The van der Waals surface area contributed by atoms with Crippen LogP contribution in [-0.4, -0.2) is 20.5 Å². The molecule has 104 valence electrons. The van der Waals surface area contributed by atoms with E-state index in [1.807, 2.05) is 0 Å². The monoisotopic (exact) mass is 280 g/mol. The minimum absolute atomic E-state index is 0.279. The third-order valence-corrected chi connectivity index (χ3v) is 5.56. The number of hydrogen-bond donors (Lipinski definition) is 1. The summed E-state index contributed by atoms with van der Waals surface area (Å²) in [5.41, 5.74) is 1.24. The molecular formula is C15H20O3S. The zero-order valence-electron chi connectivity index (χ0n) is 11.2. The predicted octanol–water partition coefficient (Wildman–Crippen LogP) is 3.21. The van der Waals surface area contributed by atoms with Crippen LogP contribution in [0.15, 0.2) is 24.3 Å². The van der Waals surface area contributed by atoms with Gasteiger partial charge in [0.25, 0.3) is 0 Å². The molecule has 0 bridgehead atoms. The second kappa shape index (κ2) is 6.33. The van der Waals surface area contributed by atoms with Crippen LogP contribution < -0.4 is 0 Å². The van der Waals surface area contributed by atoms with Gasteiger partial charge in [-0.05, 0) is 36.5 Å². The van der Waals surface area contributed by atoms with Gasteiger partial charge in [-0.25, -0.2) is 4.79 Å². The van der Waals surface area contributed by atoms with Gasteiger partial charge in [0.05, 0.1) is 5.56 Å². The molecule has 2 rings (SSSR count). The summed E-state index contributed by atoms with van der Waals surface area (Å²) in [4.78, 5) is 10.8. The lowest BCUT2D eigenvalue weighted by Crippen LogP contribution is -2.23. The van der Waals surface area contributed by atoms with Crippen molar-refractivity contribution in [2.45, 2.75) is 43.6 Å². The van der Waals surface area contributed by atoms with Crippen LogP contribution in [-0.2, 0) is 16.6 Å². The number of carboxylic acid groups (broad SMARTS) is 1. The van der Waals surface area contributed by atoms with Crippen molar-refractivity contribution in [1.82, 2.24) is 0 Å². The first-order chi connectivity index (χ1) is 9.06. The Hall–Kier alpha value is -1.16. The summed E-state index contributed by atoms with van der Waals surface area (Å²) < 4.78 is 12.3. The maximum absolute atomic E-state index is 12.3. The van der Waals surface area contributed by atoms with Crippen molar-refractivity contribution in [3.63, 3.8) is 0 Å². The van der Waals surface area contributed by atoms with Crippen LogP contribution in [0.25, 0.3) is 0 Å². The van der Waals surface area contributed by atoms with E-state index < -0.39 is 16.8 Å². The molecule has 3 unspecified atom stereocenters. The van der Waals surface area contributed by atoms with Crippen molar-refractivity contribution >= 4 is 16.8 Å². The van der Waals surface area contributed by atoms with Gasteiger partial charge in [0, 0.05) is 21.8 Å². The number of carboxylic acids is 1. The fourth-order valence-corrected chi connectivity index (χ4v) is 4.37. The molecule has 1 fully saturated rings. The minimum Gasteiger partial charge on any atom is -0.478 e. The average Bonchev–Trinajstić information content (AvgIpc) is 2.39.